The van der Waals surface area contributed by atoms with Crippen LogP contribution in [-0.2, 0) is 23.5 Å². The number of amides is 1. The predicted molar refractivity (Wildman–Crippen MR) is 169 cm³/mol. The average molecular weight is 650 g/mol. The number of rotatable bonds is 11. The number of methoxy groups -OCH3 is 2. The van der Waals surface area contributed by atoms with Crippen molar-refractivity contribution in [2.75, 3.05) is 27.6 Å². The number of fused-ring (bicyclic) bond motifs is 3. The molecule has 0 fully saturated rings. The van der Waals surface area contributed by atoms with Gasteiger partial charge in [0.15, 0.2) is 28.2 Å². The monoisotopic (exact) mass is 649 g/mol. The Balaban J connectivity index is 1.20. The molecule has 14 heteroatoms. The van der Waals surface area contributed by atoms with Crippen LogP contribution in [0.2, 0.25) is 5.02 Å². The number of pyridine rings is 1. The second kappa shape index (κ2) is 13.1. The molecule has 3 aromatic heterocycles. The molecule has 0 aliphatic carbocycles. The number of thioether (sulfide) groups is 1. The lowest BCUT2D eigenvalue weighted by atomic mass is 10.1. The van der Waals surface area contributed by atoms with Crippen LogP contribution in [0.25, 0.3) is 16.6 Å². The Bertz CT molecular complexity index is 2050. The quantitative estimate of drug-likeness (QED) is 0.166. The molecule has 0 spiro atoms. The number of benzene rings is 2. The number of hydrogen-bond donors (Lipinski definition) is 1. The lowest BCUT2D eigenvalue weighted by molar-refractivity contribution is -0.121. The van der Waals surface area contributed by atoms with Crippen molar-refractivity contribution in [1.82, 2.24) is 24.3 Å². The van der Waals surface area contributed by atoms with Gasteiger partial charge in [0, 0.05) is 43.6 Å². The van der Waals surface area contributed by atoms with Gasteiger partial charge < -0.3 is 24.3 Å². The molecule has 0 radical (unpaired) electrons. The summed E-state index contributed by atoms with van der Waals surface area (Å²) in [5.74, 6) is 2.25. The minimum atomic E-state index is -0.319. The number of carbonyl (C=O) groups is 1. The number of nitrogens with zero attached hydrogens (tertiary/aromatic N) is 4. The molecule has 1 N–H and O–H groups in total. The fourth-order valence-corrected chi connectivity index (χ4v) is 6.00. The highest BCUT2D eigenvalue weighted by Gasteiger charge is 2.20. The Morgan fingerprint density at radius 1 is 1.02 bits per heavy atom. The van der Waals surface area contributed by atoms with Crippen molar-refractivity contribution in [2.45, 2.75) is 30.3 Å². The van der Waals surface area contributed by atoms with E-state index in [4.69, 9.17) is 35.5 Å². The molecule has 5 aromatic rings. The summed E-state index contributed by atoms with van der Waals surface area (Å²) in [5.41, 5.74) is 1.77. The number of carbonyl (C=O) groups excluding carboxylic acids is 1. The van der Waals surface area contributed by atoms with Crippen molar-refractivity contribution in [2.24, 2.45) is 0 Å². The first-order valence-corrected chi connectivity index (χ1v) is 15.3. The Labute approximate surface area is 265 Å². The van der Waals surface area contributed by atoms with Gasteiger partial charge in [-0.05, 0) is 42.3 Å². The van der Waals surface area contributed by atoms with E-state index < -0.39 is 0 Å². The van der Waals surface area contributed by atoms with Crippen LogP contribution in [0.3, 0.4) is 0 Å². The van der Waals surface area contributed by atoms with Gasteiger partial charge >= 0.3 is 0 Å². The minimum absolute atomic E-state index is 0.0491. The molecule has 12 nitrogen and oxygen atoms in total. The first-order valence-electron chi connectivity index (χ1n) is 14.0. The first-order chi connectivity index (χ1) is 21.8. The smallest absolute Gasteiger partial charge is 0.262 e. The lowest BCUT2D eigenvalue weighted by Crippen LogP contribution is -2.30. The fourth-order valence-electron chi connectivity index (χ4n) is 4.92. The number of halogens is 1. The van der Waals surface area contributed by atoms with E-state index in [2.05, 4.69) is 10.3 Å². The zero-order chi connectivity index (χ0) is 31.5. The summed E-state index contributed by atoms with van der Waals surface area (Å²) in [7, 11) is 3.15. The van der Waals surface area contributed by atoms with Gasteiger partial charge in [-0.15, -0.1) is 0 Å². The second-order valence-electron chi connectivity index (χ2n) is 10.1. The molecule has 6 rings (SSSR count). The van der Waals surface area contributed by atoms with E-state index in [9.17, 15) is 14.4 Å². The molecule has 0 unspecified atom stereocenters. The van der Waals surface area contributed by atoms with Gasteiger partial charge in [0.25, 0.3) is 11.1 Å². The van der Waals surface area contributed by atoms with E-state index in [1.807, 2.05) is 18.2 Å². The van der Waals surface area contributed by atoms with Crippen molar-refractivity contribution in [3.63, 3.8) is 0 Å². The van der Waals surface area contributed by atoms with Gasteiger partial charge in [0.1, 0.15) is 5.65 Å². The highest BCUT2D eigenvalue weighted by molar-refractivity contribution is 7.98. The van der Waals surface area contributed by atoms with Crippen LogP contribution in [0.1, 0.15) is 17.7 Å². The fraction of sp³-hybridized carbons (Fsp3) is 0.258. The zero-order valence-corrected chi connectivity index (χ0v) is 25.9. The van der Waals surface area contributed by atoms with Crippen LogP contribution in [0.15, 0.2) is 69.5 Å². The van der Waals surface area contributed by atoms with Crippen molar-refractivity contribution >= 4 is 45.8 Å². The lowest BCUT2D eigenvalue weighted by Gasteiger charge is -2.14. The summed E-state index contributed by atoms with van der Waals surface area (Å²) in [6.45, 7) is 0.547. The Kier molecular flexibility index (Phi) is 8.80. The van der Waals surface area contributed by atoms with Crippen LogP contribution in [0, 0.1) is 0 Å². The third kappa shape index (κ3) is 6.54. The normalized spacial score (nSPS) is 12.1. The molecule has 1 aliphatic heterocycles. The summed E-state index contributed by atoms with van der Waals surface area (Å²) < 4.78 is 24.4. The molecular weight excluding hydrogens is 622 g/mol. The Hall–Kier alpha value is -4.75. The third-order valence-electron chi connectivity index (χ3n) is 7.19. The highest BCUT2D eigenvalue weighted by Crippen LogP contribution is 2.35. The summed E-state index contributed by atoms with van der Waals surface area (Å²) >= 11 is 7.28. The topological polar surface area (TPSA) is 135 Å². The van der Waals surface area contributed by atoms with Crippen molar-refractivity contribution in [3.05, 3.63) is 91.7 Å². The minimum Gasteiger partial charge on any atom is -0.493 e. The highest BCUT2D eigenvalue weighted by atomic mass is 35.5. The summed E-state index contributed by atoms with van der Waals surface area (Å²) in [5, 5.41) is 4.06. The summed E-state index contributed by atoms with van der Waals surface area (Å²) in [4.78, 5) is 48.6. The predicted octanol–water partition coefficient (Wildman–Crippen LogP) is 3.85. The number of ether oxygens (including phenoxy) is 4. The van der Waals surface area contributed by atoms with Gasteiger partial charge in [-0.2, -0.15) is 0 Å². The zero-order valence-electron chi connectivity index (χ0n) is 24.4. The number of hydrogen-bond acceptors (Lipinski definition) is 10. The van der Waals surface area contributed by atoms with E-state index >= 15 is 0 Å². The molecule has 0 atom stereocenters. The molecule has 232 valence electrons. The first kappa shape index (κ1) is 30.3. The molecule has 1 aliphatic rings. The van der Waals surface area contributed by atoms with Crippen LogP contribution in [0.5, 0.6) is 23.0 Å². The van der Waals surface area contributed by atoms with Crippen LogP contribution >= 0.6 is 23.4 Å². The third-order valence-corrected chi connectivity index (χ3v) is 8.42. The van der Waals surface area contributed by atoms with E-state index in [0.29, 0.717) is 68.4 Å². The Morgan fingerprint density at radius 2 is 1.82 bits per heavy atom. The summed E-state index contributed by atoms with van der Waals surface area (Å²) in [6, 6.07) is 13.6. The molecule has 0 saturated heterocycles. The molecule has 0 bridgehead atoms. The maximum atomic E-state index is 13.7. The molecular formula is C31H28ClN5O7S. The number of aromatic nitrogens is 4. The van der Waals surface area contributed by atoms with E-state index in [1.165, 1.54) is 33.0 Å². The number of nitrogens with one attached hydrogen (secondary N) is 1. The van der Waals surface area contributed by atoms with Gasteiger partial charge in [-0.3, -0.25) is 23.4 Å². The molecule has 4 heterocycles. The van der Waals surface area contributed by atoms with E-state index in [1.54, 1.807) is 38.5 Å². The van der Waals surface area contributed by atoms with E-state index in [-0.39, 0.29) is 42.5 Å². The molecule has 2 aromatic carbocycles. The van der Waals surface area contributed by atoms with Gasteiger partial charge in [-0.1, -0.05) is 29.4 Å². The molecule has 0 saturated carbocycles. The standard InChI is InChI=1S/C31H28ClN5O7S/c1-41-23-5-3-18(11-24(23)42-2)7-9-33-28(38)8-10-36-30(40)21-13-25-26(44-17-43-25)14-22(21)35-31(36)45-16-20-12-29(39)37-15-19(32)4-6-27(37)34-20/h3-6,11-15H,7-10,16-17H2,1-2H3,(H,33,38). The largest absolute Gasteiger partial charge is 0.493 e. The van der Waals surface area contributed by atoms with Crippen LogP contribution in [-0.4, -0.2) is 52.4 Å². The van der Waals surface area contributed by atoms with E-state index in [0.717, 1.165) is 5.56 Å². The maximum Gasteiger partial charge on any atom is 0.262 e. The molecule has 1 amide bonds. The average Bonchev–Trinajstić information content (AvgIpc) is 3.50. The van der Waals surface area contributed by atoms with Crippen LogP contribution < -0.4 is 35.4 Å². The van der Waals surface area contributed by atoms with Gasteiger partial charge in [0.2, 0.25) is 12.7 Å². The second-order valence-corrected chi connectivity index (χ2v) is 11.4. The van der Waals surface area contributed by atoms with Crippen molar-refractivity contribution < 1.29 is 23.7 Å². The SMILES string of the molecule is COc1ccc(CCNC(=O)CCn2c(SCc3cc(=O)n4cc(Cl)ccc4n3)nc3cc4c(cc3c2=O)OCO4)cc1OC. The van der Waals surface area contributed by atoms with Crippen LogP contribution in [0.4, 0.5) is 0 Å². The molecule has 45 heavy (non-hydrogen) atoms. The van der Waals surface area contributed by atoms with Gasteiger partial charge in [0.05, 0.1) is 35.8 Å². The Morgan fingerprint density at radius 3 is 2.62 bits per heavy atom. The van der Waals surface area contributed by atoms with Gasteiger partial charge in [-0.25, -0.2) is 9.97 Å². The maximum absolute atomic E-state index is 13.7. The van der Waals surface area contributed by atoms with Crippen molar-refractivity contribution in [1.29, 1.82) is 0 Å². The van der Waals surface area contributed by atoms with Crippen molar-refractivity contribution in [3.8, 4) is 23.0 Å². The summed E-state index contributed by atoms with van der Waals surface area (Å²) in [6.07, 6.45) is 2.14.